The van der Waals surface area contributed by atoms with Gasteiger partial charge in [-0.1, -0.05) is 6.92 Å². The highest BCUT2D eigenvalue weighted by molar-refractivity contribution is 4.89. The second kappa shape index (κ2) is 6.17. The number of likely N-dealkylation sites (tertiary alicyclic amines) is 2. The molecule has 3 nitrogen and oxygen atoms in total. The Morgan fingerprint density at radius 2 is 1.94 bits per heavy atom. The molecule has 2 atom stereocenters. The van der Waals surface area contributed by atoms with Gasteiger partial charge in [0.05, 0.1) is 0 Å². The van der Waals surface area contributed by atoms with E-state index < -0.39 is 0 Å². The summed E-state index contributed by atoms with van der Waals surface area (Å²) in [7, 11) is 2.27. The van der Waals surface area contributed by atoms with Crippen LogP contribution in [0.25, 0.3) is 0 Å². The molecule has 0 saturated carbocycles. The molecule has 0 amide bonds. The second-order valence-electron chi connectivity index (χ2n) is 5.97. The number of likely N-dealkylation sites (N-methyl/N-ethyl adjacent to an activating group) is 1. The Morgan fingerprint density at radius 1 is 1.24 bits per heavy atom. The van der Waals surface area contributed by atoms with Crippen molar-refractivity contribution < 1.29 is 0 Å². The van der Waals surface area contributed by atoms with E-state index in [1.807, 2.05) is 0 Å². The van der Waals surface area contributed by atoms with Crippen LogP contribution in [0.15, 0.2) is 0 Å². The molecule has 0 aromatic carbocycles. The molecule has 0 radical (unpaired) electrons. The molecule has 2 unspecified atom stereocenters. The Labute approximate surface area is 107 Å². The largest absolute Gasteiger partial charge is 0.317 e. The average molecular weight is 239 g/mol. The van der Waals surface area contributed by atoms with E-state index in [0.29, 0.717) is 0 Å². The van der Waals surface area contributed by atoms with E-state index in [1.165, 1.54) is 45.4 Å². The fourth-order valence-electron chi connectivity index (χ4n) is 3.30. The molecule has 0 bridgehead atoms. The summed E-state index contributed by atoms with van der Waals surface area (Å²) in [6, 6.07) is 1.61. The van der Waals surface area contributed by atoms with Gasteiger partial charge in [0.2, 0.25) is 0 Å². The minimum atomic E-state index is 0.777. The fraction of sp³-hybridized carbons (Fsp3) is 1.00. The first-order valence-electron chi connectivity index (χ1n) is 7.35. The van der Waals surface area contributed by atoms with Crippen LogP contribution in [-0.2, 0) is 0 Å². The maximum absolute atomic E-state index is 3.49. The average Bonchev–Trinajstić information content (AvgIpc) is 2.68. The lowest BCUT2D eigenvalue weighted by Gasteiger charge is -2.36. The van der Waals surface area contributed by atoms with Gasteiger partial charge in [0, 0.05) is 18.6 Å². The number of hydrogen-bond donors (Lipinski definition) is 1. The molecule has 0 aromatic rings. The van der Waals surface area contributed by atoms with Crippen LogP contribution in [-0.4, -0.2) is 61.7 Å². The van der Waals surface area contributed by atoms with Crippen molar-refractivity contribution >= 4 is 0 Å². The van der Waals surface area contributed by atoms with E-state index in [-0.39, 0.29) is 0 Å². The standard InChI is InChI=1S/C14H29N3/c1-4-15-10-13-5-7-17(8-6-13)14-9-12(2)16(3)11-14/h12-15H,4-11H2,1-3H3. The van der Waals surface area contributed by atoms with Crippen molar-refractivity contribution in [1.29, 1.82) is 0 Å². The number of hydrogen-bond acceptors (Lipinski definition) is 3. The van der Waals surface area contributed by atoms with Gasteiger partial charge in [-0.25, -0.2) is 0 Å². The highest BCUT2D eigenvalue weighted by Gasteiger charge is 2.32. The molecule has 0 aliphatic carbocycles. The molecule has 2 heterocycles. The van der Waals surface area contributed by atoms with Gasteiger partial charge < -0.3 is 10.2 Å². The third kappa shape index (κ3) is 3.43. The molecule has 17 heavy (non-hydrogen) atoms. The molecular formula is C14H29N3. The van der Waals surface area contributed by atoms with E-state index in [1.54, 1.807) is 0 Å². The van der Waals surface area contributed by atoms with E-state index >= 15 is 0 Å². The summed E-state index contributed by atoms with van der Waals surface area (Å²) < 4.78 is 0. The molecule has 100 valence electrons. The predicted molar refractivity (Wildman–Crippen MR) is 73.3 cm³/mol. The summed E-state index contributed by atoms with van der Waals surface area (Å²) in [4.78, 5) is 5.25. The molecule has 3 heteroatoms. The Hall–Kier alpha value is -0.120. The minimum absolute atomic E-state index is 0.777. The fourth-order valence-corrected chi connectivity index (χ4v) is 3.30. The Balaban J connectivity index is 1.72. The molecule has 2 aliphatic heterocycles. The van der Waals surface area contributed by atoms with Crippen LogP contribution in [0.5, 0.6) is 0 Å². The van der Waals surface area contributed by atoms with Crippen molar-refractivity contribution in [3.05, 3.63) is 0 Å². The molecule has 2 rings (SSSR count). The van der Waals surface area contributed by atoms with Crippen molar-refractivity contribution in [2.24, 2.45) is 5.92 Å². The molecule has 2 fully saturated rings. The zero-order chi connectivity index (χ0) is 12.3. The van der Waals surface area contributed by atoms with Gasteiger partial charge >= 0.3 is 0 Å². The zero-order valence-electron chi connectivity index (χ0n) is 11.8. The quantitative estimate of drug-likeness (QED) is 0.800. The van der Waals surface area contributed by atoms with Gasteiger partial charge in [0.25, 0.3) is 0 Å². The van der Waals surface area contributed by atoms with E-state index in [4.69, 9.17) is 0 Å². The van der Waals surface area contributed by atoms with Crippen LogP contribution < -0.4 is 5.32 Å². The Bertz CT molecular complexity index is 214. The summed E-state index contributed by atoms with van der Waals surface area (Å²) in [6.45, 7) is 10.8. The molecule has 0 spiro atoms. The van der Waals surface area contributed by atoms with E-state index in [0.717, 1.165) is 24.5 Å². The zero-order valence-corrected chi connectivity index (χ0v) is 11.8. The summed E-state index contributed by atoms with van der Waals surface area (Å²) in [5.41, 5.74) is 0. The van der Waals surface area contributed by atoms with E-state index in [2.05, 4.69) is 36.0 Å². The van der Waals surface area contributed by atoms with Gasteiger partial charge in [-0.05, 0) is 65.3 Å². The smallest absolute Gasteiger partial charge is 0.0237 e. The Morgan fingerprint density at radius 3 is 2.47 bits per heavy atom. The maximum Gasteiger partial charge on any atom is 0.0237 e. The first-order valence-corrected chi connectivity index (χ1v) is 7.35. The summed E-state index contributed by atoms with van der Waals surface area (Å²) in [5, 5.41) is 3.49. The number of rotatable bonds is 4. The van der Waals surface area contributed by atoms with E-state index in [9.17, 15) is 0 Å². The van der Waals surface area contributed by atoms with Crippen molar-refractivity contribution in [2.75, 3.05) is 39.8 Å². The third-order valence-corrected chi connectivity index (χ3v) is 4.71. The van der Waals surface area contributed by atoms with Gasteiger partial charge in [0.15, 0.2) is 0 Å². The summed E-state index contributed by atoms with van der Waals surface area (Å²) >= 11 is 0. The summed E-state index contributed by atoms with van der Waals surface area (Å²) in [6.07, 6.45) is 4.15. The normalized spacial score (nSPS) is 33.4. The lowest BCUT2D eigenvalue weighted by atomic mass is 9.95. The van der Waals surface area contributed by atoms with Crippen molar-refractivity contribution in [3.8, 4) is 0 Å². The van der Waals surface area contributed by atoms with Crippen molar-refractivity contribution in [3.63, 3.8) is 0 Å². The second-order valence-corrected chi connectivity index (χ2v) is 5.97. The van der Waals surface area contributed by atoms with Crippen LogP contribution in [0.1, 0.15) is 33.1 Å². The van der Waals surface area contributed by atoms with Gasteiger partial charge in [0.1, 0.15) is 0 Å². The lowest BCUT2D eigenvalue weighted by molar-refractivity contribution is 0.134. The van der Waals surface area contributed by atoms with Crippen LogP contribution in [0.4, 0.5) is 0 Å². The first-order chi connectivity index (χ1) is 8.20. The predicted octanol–water partition coefficient (Wildman–Crippen LogP) is 1.40. The molecular weight excluding hydrogens is 210 g/mol. The van der Waals surface area contributed by atoms with Crippen molar-refractivity contribution in [1.82, 2.24) is 15.1 Å². The van der Waals surface area contributed by atoms with Gasteiger partial charge in [-0.3, -0.25) is 4.90 Å². The summed E-state index contributed by atoms with van der Waals surface area (Å²) in [5.74, 6) is 0.919. The number of nitrogens with one attached hydrogen (secondary N) is 1. The first kappa shape index (κ1) is 13.3. The molecule has 2 aliphatic rings. The SMILES string of the molecule is CCNCC1CCN(C2CC(C)N(C)C2)CC1. The highest BCUT2D eigenvalue weighted by Crippen LogP contribution is 2.25. The maximum atomic E-state index is 3.49. The van der Waals surface area contributed by atoms with Gasteiger partial charge in [-0.2, -0.15) is 0 Å². The van der Waals surface area contributed by atoms with Crippen molar-refractivity contribution in [2.45, 2.75) is 45.2 Å². The van der Waals surface area contributed by atoms with Crippen LogP contribution >= 0.6 is 0 Å². The molecule has 2 saturated heterocycles. The van der Waals surface area contributed by atoms with Crippen LogP contribution in [0.3, 0.4) is 0 Å². The lowest BCUT2D eigenvalue weighted by Crippen LogP contribution is -2.44. The highest BCUT2D eigenvalue weighted by atomic mass is 15.3. The van der Waals surface area contributed by atoms with Crippen LogP contribution in [0.2, 0.25) is 0 Å². The molecule has 1 N–H and O–H groups in total. The number of nitrogens with zero attached hydrogens (tertiary/aromatic N) is 2. The number of piperidine rings is 1. The third-order valence-electron chi connectivity index (χ3n) is 4.71. The van der Waals surface area contributed by atoms with Gasteiger partial charge in [-0.15, -0.1) is 0 Å². The Kier molecular flexibility index (Phi) is 4.83. The molecule has 0 aromatic heterocycles. The topological polar surface area (TPSA) is 18.5 Å². The monoisotopic (exact) mass is 239 g/mol. The van der Waals surface area contributed by atoms with Crippen LogP contribution in [0, 0.1) is 5.92 Å². The minimum Gasteiger partial charge on any atom is -0.317 e.